The van der Waals surface area contributed by atoms with Crippen LogP contribution >= 0.6 is 85.5 Å². The number of rotatable bonds is 8. The van der Waals surface area contributed by atoms with Gasteiger partial charge in [0.1, 0.15) is 27.9 Å². The van der Waals surface area contributed by atoms with Crippen LogP contribution < -0.4 is 31.1 Å². The number of anilines is 3. The Morgan fingerprint density at radius 3 is 1.16 bits per heavy atom. The number of piperidine rings is 3. The Kier molecular flexibility index (Phi) is 26.8. The molecule has 3 aromatic heterocycles. The van der Waals surface area contributed by atoms with Crippen LogP contribution in [0.2, 0.25) is 30.1 Å². The SMILES string of the molecule is Cc1nc(N2CCC3(CCC[C@H]3N)CC2)c(C#N)nc1-c1cccc(Cl)c1Cl.Cc1nc(N2CCC3(CCC[C@H]3NC(=O)OC(C)(C)C)CC2)c(Br)nc1-c1cccc(Cl)c1Cl.Cc1nc(N2CCC3(CCC[C@H]3NC(=O)OC(C)(C)C)CC2)c(C#N)nc1-c1cccc(Cl)c1Cl.[C-]#N.[Cu+]. The molecule has 536 valence electrons. The number of amides is 2. The van der Waals surface area contributed by atoms with Crippen molar-refractivity contribution in [3.8, 4) is 45.9 Å². The van der Waals surface area contributed by atoms with Gasteiger partial charge in [0.25, 0.3) is 0 Å². The van der Waals surface area contributed by atoms with Crippen molar-refractivity contribution in [1.82, 2.24) is 40.5 Å². The minimum atomic E-state index is -0.523. The number of hydrogen-bond acceptors (Lipinski definition) is 17. The van der Waals surface area contributed by atoms with Crippen LogP contribution in [0.5, 0.6) is 0 Å². The number of nitrogens with zero attached hydrogens (tertiary/aromatic N) is 12. The molecule has 3 atom stereocenters. The first-order valence-electron chi connectivity index (χ1n) is 33.6. The molecule has 12 rings (SSSR count). The number of aromatic nitrogens is 6. The standard InChI is InChI=1S/C26H31Cl2N5O2.C25H31BrCl2N4O2.C21H23Cl2N5.CN.Cu/c1-16-22(17-7-5-8-18(27)21(17)28)31-19(15-29)23(30-16)33-13-11-26(12-14-33)10-6-9-20(26)32-24(34)35-25(2,3)4;1-15-20(16-7-5-8-17(27)19(16)28)31-21(26)22(29-15)32-13-11-25(12-14-32)10-6-9-18(25)30-23(33)34-24(2,3)4;1-13-19(14-4-2-5-15(22)18(14)23)27-16(12-24)20(26-13)28-10-8-21(9-11-28)7-3-6-17(21)25;1-2;/h5,7-8,20H,6,9-14H2,1-4H3,(H,32,34);5,7-8,18H,6,9-14H2,1-4H3,(H,30,33);2,4-5,17H,3,6-11,25H2,1H3;;/q;;;-1;+1/t20-;18-;17-;;/m111../s1. The molecule has 3 aliphatic carbocycles. The zero-order chi connectivity index (χ0) is 71.9. The molecule has 100 heavy (non-hydrogen) atoms. The molecule has 3 aromatic carbocycles. The van der Waals surface area contributed by atoms with Crippen LogP contribution in [0, 0.1) is 71.5 Å². The molecule has 0 unspecified atom stereocenters. The normalized spacial score (nSPS) is 19.5. The van der Waals surface area contributed by atoms with E-state index in [1.807, 2.05) is 92.6 Å². The molecule has 3 aliphatic heterocycles. The maximum Gasteiger partial charge on any atom is 1.00 e. The van der Waals surface area contributed by atoms with Crippen LogP contribution in [0.1, 0.15) is 166 Å². The molecule has 6 aliphatic rings. The van der Waals surface area contributed by atoms with Gasteiger partial charge in [0.15, 0.2) is 28.8 Å². The molecular weight excluding hydrogens is 1510 g/mol. The Morgan fingerprint density at radius 1 is 0.520 bits per heavy atom. The van der Waals surface area contributed by atoms with Gasteiger partial charge >= 0.3 is 29.3 Å². The summed E-state index contributed by atoms with van der Waals surface area (Å²) in [6, 6.07) is 21.2. The fraction of sp³-hybridized carbons (Fsp3) is 0.521. The minimum Gasteiger partial charge on any atom is -0.512 e. The smallest absolute Gasteiger partial charge is 0.512 e. The third kappa shape index (κ3) is 18.1. The molecule has 0 bridgehead atoms. The molecular formula is C73H85BrCl6CuN15O4. The number of halogens is 7. The van der Waals surface area contributed by atoms with Crippen LogP contribution in [-0.4, -0.2) is 111 Å². The second-order valence-electron chi connectivity index (χ2n) is 28.7. The Labute approximate surface area is 636 Å². The predicted octanol–water partition coefficient (Wildman–Crippen LogP) is 18.3. The predicted molar refractivity (Wildman–Crippen MR) is 396 cm³/mol. The number of nitrogens with two attached hydrogens (primary N) is 1. The first-order chi connectivity index (χ1) is 47.0. The molecule has 3 saturated heterocycles. The monoisotopic (exact) mass is 1590 g/mol. The number of nitriles is 2. The van der Waals surface area contributed by atoms with Crippen LogP contribution in [-0.2, 0) is 26.5 Å². The van der Waals surface area contributed by atoms with Crippen molar-refractivity contribution in [2.75, 3.05) is 54.0 Å². The summed E-state index contributed by atoms with van der Waals surface area (Å²) >= 11 is 41.4. The van der Waals surface area contributed by atoms with E-state index in [1.165, 1.54) is 12.8 Å². The van der Waals surface area contributed by atoms with Crippen molar-refractivity contribution in [1.29, 1.82) is 15.8 Å². The van der Waals surface area contributed by atoms with E-state index in [2.05, 4.69) is 63.4 Å². The van der Waals surface area contributed by atoms with Gasteiger partial charge in [0, 0.05) is 74.1 Å². The topological polar surface area (TPSA) is 261 Å². The third-order valence-corrected chi connectivity index (χ3v) is 23.3. The largest absolute Gasteiger partial charge is 1.00 e. The van der Waals surface area contributed by atoms with Crippen molar-refractivity contribution in [3.63, 3.8) is 0 Å². The molecule has 6 heterocycles. The molecule has 4 N–H and O–H groups in total. The summed E-state index contributed by atoms with van der Waals surface area (Å²) in [4.78, 5) is 59.9. The van der Waals surface area contributed by atoms with E-state index in [-0.39, 0.29) is 63.3 Å². The molecule has 19 nitrogen and oxygen atoms in total. The van der Waals surface area contributed by atoms with Crippen molar-refractivity contribution < 1.29 is 36.1 Å². The van der Waals surface area contributed by atoms with Crippen LogP contribution in [0.15, 0.2) is 59.2 Å². The van der Waals surface area contributed by atoms with Crippen LogP contribution in [0.25, 0.3) is 33.8 Å². The summed E-state index contributed by atoms with van der Waals surface area (Å²) in [6.45, 7) is 26.7. The number of ether oxygens (including phenoxy) is 2. The maximum absolute atomic E-state index is 12.4. The number of aryl methyl sites for hydroxylation is 3. The van der Waals surface area contributed by atoms with E-state index in [9.17, 15) is 20.1 Å². The zero-order valence-electron chi connectivity index (χ0n) is 57.8. The van der Waals surface area contributed by atoms with Crippen LogP contribution in [0.3, 0.4) is 0 Å². The first kappa shape index (κ1) is 79.7. The number of nitrogens with one attached hydrogen (secondary N) is 2. The quantitative estimate of drug-likeness (QED) is 0.0945. The molecule has 6 aromatic rings. The van der Waals surface area contributed by atoms with E-state index in [0.29, 0.717) is 92.0 Å². The summed E-state index contributed by atoms with van der Waals surface area (Å²) < 4.78 is 11.7. The van der Waals surface area contributed by atoms with Gasteiger partial charge in [-0.05, 0) is 190 Å². The number of carbonyl (C=O) groups is 2. The Hall–Kier alpha value is -5.99. The van der Waals surface area contributed by atoms with E-state index in [4.69, 9.17) is 117 Å². The van der Waals surface area contributed by atoms with E-state index in [1.54, 1.807) is 24.3 Å². The van der Waals surface area contributed by atoms with Gasteiger partial charge in [0.2, 0.25) is 0 Å². The molecule has 3 spiro atoms. The number of hydrogen-bond donors (Lipinski definition) is 3. The number of benzene rings is 3. The summed E-state index contributed by atoms with van der Waals surface area (Å²) in [7, 11) is 0. The van der Waals surface area contributed by atoms with Crippen LogP contribution in [0.4, 0.5) is 27.0 Å². The molecule has 0 radical (unpaired) electrons. The Bertz CT molecular complexity index is 4060. The Morgan fingerprint density at radius 2 is 0.830 bits per heavy atom. The summed E-state index contributed by atoms with van der Waals surface area (Å²) in [6.07, 6.45) is 15.1. The summed E-state index contributed by atoms with van der Waals surface area (Å²) in [5, 5.41) is 34.8. The van der Waals surface area contributed by atoms with Gasteiger partial charge in [-0.25, -0.2) is 39.5 Å². The molecule has 3 saturated carbocycles. The van der Waals surface area contributed by atoms with Gasteiger partial charge < -0.3 is 52.4 Å². The number of carbonyl (C=O) groups excluding carboxylic acids is 2. The second kappa shape index (κ2) is 33.6. The minimum absolute atomic E-state index is 0. The van der Waals surface area contributed by atoms with Gasteiger partial charge in [0.05, 0.1) is 64.3 Å². The maximum atomic E-state index is 12.4. The van der Waals surface area contributed by atoms with Gasteiger partial charge in [-0.15, -0.1) is 0 Å². The van der Waals surface area contributed by atoms with Gasteiger partial charge in [-0.3, -0.25) is 0 Å². The third-order valence-electron chi connectivity index (χ3n) is 20.3. The summed E-state index contributed by atoms with van der Waals surface area (Å²) in [5.74, 6) is 2.09. The fourth-order valence-electron chi connectivity index (χ4n) is 15.2. The Balaban J connectivity index is 0.000000189. The molecule has 6 fully saturated rings. The zero-order valence-corrected chi connectivity index (χ0v) is 64.9. The summed E-state index contributed by atoms with van der Waals surface area (Å²) in [5.41, 5.74) is 12.6. The van der Waals surface area contributed by atoms with Crippen molar-refractivity contribution in [2.45, 2.75) is 188 Å². The van der Waals surface area contributed by atoms with Gasteiger partial charge in [-0.1, -0.05) is 125 Å². The van der Waals surface area contributed by atoms with Crippen molar-refractivity contribution in [3.05, 3.63) is 124 Å². The average Bonchev–Trinajstić information content (AvgIpc) is 1.34. The van der Waals surface area contributed by atoms with Crippen molar-refractivity contribution in [2.24, 2.45) is 22.0 Å². The van der Waals surface area contributed by atoms with Crippen molar-refractivity contribution >= 4 is 115 Å². The molecule has 27 heteroatoms. The second-order valence-corrected chi connectivity index (χ2v) is 31.8. The first-order valence-corrected chi connectivity index (χ1v) is 36.7. The van der Waals surface area contributed by atoms with E-state index in [0.717, 1.165) is 146 Å². The molecule has 2 amide bonds. The van der Waals surface area contributed by atoms with E-state index < -0.39 is 11.2 Å². The average molecular weight is 1590 g/mol. The number of alkyl carbamates (subject to hydrolysis) is 2. The van der Waals surface area contributed by atoms with Gasteiger partial charge in [-0.2, -0.15) is 10.5 Å². The fourth-order valence-corrected chi connectivity index (χ4v) is 16.9. The van der Waals surface area contributed by atoms with E-state index >= 15 is 0 Å².